The van der Waals surface area contributed by atoms with E-state index < -0.39 is 10.0 Å². The number of nitrogens with one attached hydrogen (secondary N) is 1. The Labute approximate surface area is 196 Å². The molecule has 2 aromatic rings. The molecule has 7 nitrogen and oxygen atoms in total. The van der Waals surface area contributed by atoms with Crippen molar-refractivity contribution in [3.63, 3.8) is 0 Å². The van der Waals surface area contributed by atoms with E-state index in [0.29, 0.717) is 45.4 Å². The second-order valence-corrected chi connectivity index (χ2v) is 10.0. The molecule has 0 aliphatic carbocycles. The van der Waals surface area contributed by atoms with Crippen molar-refractivity contribution in [1.29, 1.82) is 0 Å². The van der Waals surface area contributed by atoms with E-state index >= 15 is 0 Å². The van der Waals surface area contributed by atoms with Gasteiger partial charge in [0.15, 0.2) is 0 Å². The van der Waals surface area contributed by atoms with E-state index in [1.165, 1.54) is 0 Å². The van der Waals surface area contributed by atoms with Crippen LogP contribution in [-0.4, -0.2) is 44.9 Å². The summed E-state index contributed by atoms with van der Waals surface area (Å²) < 4.78 is 33.2. The first kappa shape index (κ1) is 24.9. The molecule has 1 N–H and O–H groups in total. The van der Waals surface area contributed by atoms with Gasteiger partial charge in [0.05, 0.1) is 17.4 Å². The Kier molecular flexibility index (Phi) is 8.63. The summed E-state index contributed by atoms with van der Waals surface area (Å²) in [6.07, 6.45) is 2.14. The maximum atomic E-state index is 12.7. The number of rotatable bonds is 9. The Morgan fingerprint density at radius 1 is 1.06 bits per heavy atom. The van der Waals surface area contributed by atoms with Gasteiger partial charge in [-0.25, -0.2) is 13.1 Å². The van der Waals surface area contributed by atoms with Crippen LogP contribution >= 0.6 is 0 Å². The Balaban J connectivity index is 1.49. The summed E-state index contributed by atoms with van der Waals surface area (Å²) in [5, 5.41) is 0. The Morgan fingerprint density at radius 2 is 1.70 bits per heavy atom. The van der Waals surface area contributed by atoms with Gasteiger partial charge in [-0.1, -0.05) is 42.5 Å². The van der Waals surface area contributed by atoms with E-state index in [0.717, 1.165) is 11.1 Å². The number of benzene rings is 2. The van der Waals surface area contributed by atoms with Crippen molar-refractivity contribution in [2.45, 2.75) is 50.5 Å². The molecule has 1 heterocycles. The number of piperidine rings is 1. The number of hydrogen-bond donors (Lipinski definition) is 1. The van der Waals surface area contributed by atoms with Gasteiger partial charge in [-0.2, -0.15) is 0 Å². The Hall–Kier alpha value is -2.71. The molecule has 2 aromatic carbocycles. The first-order chi connectivity index (χ1) is 15.8. The van der Waals surface area contributed by atoms with Crippen molar-refractivity contribution < 1.29 is 22.7 Å². The Bertz CT molecular complexity index is 1030. The molecule has 3 rings (SSSR count). The number of aryl methyl sites for hydroxylation is 1. The van der Waals surface area contributed by atoms with Gasteiger partial charge in [0, 0.05) is 25.6 Å². The molecular formula is C25H32N2O5S. The van der Waals surface area contributed by atoms with Crippen LogP contribution in [0.3, 0.4) is 0 Å². The zero-order chi connectivity index (χ0) is 23.8. The second-order valence-electron chi connectivity index (χ2n) is 8.30. The van der Waals surface area contributed by atoms with E-state index in [9.17, 15) is 18.0 Å². The number of likely N-dealkylation sites (tertiary alicyclic amines) is 1. The first-order valence-corrected chi connectivity index (χ1v) is 12.9. The summed E-state index contributed by atoms with van der Waals surface area (Å²) in [7, 11) is -3.65. The highest BCUT2D eigenvalue weighted by Gasteiger charge is 2.28. The summed E-state index contributed by atoms with van der Waals surface area (Å²) in [5.41, 5.74) is 1.79. The summed E-state index contributed by atoms with van der Waals surface area (Å²) in [6.45, 7) is 5.10. The number of hydrogen-bond acceptors (Lipinski definition) is 5. The van der Waals surface area contributed by atoms with Gasteiger partial charge < -0.3 is 9.64 Å². The van der Waals surface area contributed by atoms with Gasteiger partial charge in [0.1, 0.15) is 0 Å². The van der Waals surface area contributed by atoms with Crippen LogP contribution < -0.4 is 4.72 Å². The van der Waals surface area contributed by atoms with Crippen molar-refractivity contribution in [3.8, 4) is 0 Å². The molecule has 0 saturated carbocycles. The third-order valence-electron chi connectivity index (χ3n) is 5.96. The van der Waals surface area contributed by atoms with Gasteiger partial charge in [0.2, 0.25) is 15.9 Å². The smallest absolute Gasteiger partial charge is 0.309 e. The van der Waals surface area contributed by atoms with Crippen LogP contribution in [0.15, 0.2) is 59.5 Å². The SMILES string of the molecule is CCOC(=O)C1CCN(C(=O)CCc2ccc(S(=O)(=O)N[C@@H](C)c3ccccc3)cc2)CC1. The monoisotopic (exact) mass is 472 g/mol. The minimum atomic E-state index is -3.65. The molecule has 1 saturated heterocycles. The van der Waals surface area contributed by atoms with Gasteiger partial charge in [-0.3, -0.25) is 9.59 Å². The second kappa shape index (κ2) is 11.4. The number of sulfonamides is 1. The summed E-state index contributed by atoms with van der Waals surface area (Å²) in [4.78, 5) is 26.4. The van der Waals surface area contributed by atoms with Crippen molar-refractivity contribution in [2.24, 2.45) is 5.92 Å². The summed E-state index contributed by atoms with van der Waals surface area (Å²) in [5.74, 6) is -0.249. The number of ether oxygens (including phenoxy) is 1. The van der Waals surface area contributed by atoms with Crippen molar-refractivity contribution in [3.05, 3.63) is 65.7 Å². The third kappa shape index (κ3) is 6.88. The van der Waals surface area contributed by atoms with Crippen LogP contribution in [0.4, 0.5) is 0 Å². The van der Waals surface area contributed by atoms with Gasteiger partial charge >= 0.3 is 5.97 Å². The fraction of sp³-hybridized carbons (Fsp3) is 0.440. The minimum Gasteiger partial charge on any atom is -0.466 e. The van der Waals surface area contributed by atoms with Crippen molar-refractivity contribution in [1.82, 2.24) is 9.62 Å². The molecule has 1 atom stereocenters. The lowest BCUT2D eigenvalue weighted by Crippen LogP contribution is -2.40. The average molecular weight is 473 g/mol. The van der Waals surface area contributed by atoms with Crippen LogP contribution in [0, 0.1) is 5.92 Å². The molecule has 33 heavy (non-hydrogen) atoms. The lowest BCUT2D eigenvalue weighted by atomic mass is 9.96. The Morgan fingerprint density at radius 3 is 2.30 bits per heavy atom. The molecule has 0 radical (unpaired) electrons. The number of esters is 1. The predicted octanol–water partition coefficient (Wildman–Crippen LogP) is 3.46. The van der Waals surface area contributed by atoms with Crippen LogP contribution in [0.5, 0.6) is 0 Å². The van der Waals surface area contributed by atoms with E-state index in [1.54, 1.807) is 36.1 Å². The lowest BCUT2D eigenvalue weighted by molar-refractivity contribution is -0.151. The summed E-state index contributed by atoms with van der Waals surface area (Å²) in [6, 6.07) is 15.7. The average Bonchev–Trinajstić information content (AvgIpc) is 2.83. The third-order valence-corrected chi connectivity index (χ3v) is 7.52. The molecule has 1 aliphatic heterocycles. The molecule has 1 amide bonds. The van der Waals surface area contributed by atoms with Gasteiger partial charge in [-0.15, -0.1) is 0 Å². The highest BCUT2D eigenvalue weighted by Crippen LogP contribution is 2.21. The number of carbonyl (C=O) groups excluding carboxylic acids is 2. The maximum Gasteiger partial charge on any atom is 0.309 e. The fourth-order valence-corrected chi connectivity index (χ4v) is 5.21. The topological polar surface area (TPSA) is 92.8 Å². The molecule has 0 bridgehead atoms. The zero-order valence-electron chi connectivity index (χ0n) is 19.2. The molecule has 0 unspecified atom stereocenters. The van der Waals surface area contributed by atoms with Gasteiger partial charge in [-0.05, 0) is 56.4 Å². The van der Waals surface area contributed by atoms with Crippen molar-refractivity contribution >= 4 is 21.9 Å². The molecule has 8 heteroatoms. The molecule has 1 aliphatic rings. The van der Waals surface area contributed by atoms with Gasteiger partial charge in [0.25, 0.3) is 0 Å². The molecule has 178 valence electrons. The maximum absolute atomic E-state index is 12.7. The van der Waals surface area contributed by atoms with E-state index in [4.69, 9.17) is 4.74 Å². The van der Waals surface area contributed by atoms with Crippen LogP contribution in [0.1, 0.15) is 50.3 Å². The van der Waals surface area contributed by atoms with Crippen LogP contribution in [-0.2, 0) is 30.8 Å². The molecule has 0 spiro atoms. The number of carbonyl (C=O) groups is 2. The number of amides is 1. The van der Waals surface area contributed by atoms with Crippen LogP contribution in [0.2, 0.25) is 0 Å². The summed E-state index contributed by atoms with van der Waals surface area (Å²) >= 11 is 0. The zero-order valence-corrected chi connectivity index (χ0v) is 20.0. The first-order valence-electron chi connectivity index (χ1n) is 11.4. The lowest BCUT2D eigenvalue weighted by Gasteiger charge is -2.31. The molecular weight excluding hydrogens is 440 g/mol. The normalized spacial score (nSPS) is 15.8. The predicted molar refractivity (Wildman–Crippen MR) is 126 cm³/mol. The fourth-order valence-electron chi connectivity index (χ4n) is 3.98. The molecule has 0 aromatic heterocycles. The highest BCUT2D eigenvalue weighted by molar-refractivity contribution is 7.89. The molecule has 1 fully saturated rings. The minimum absolute atomic E-state index is 0.0485. The highest BCUT2D eigenvalue weighted by atomic mass is 32.2. The quantitative estimate of drug-likeness (QED) is 0.564. The largest absolute Gasteiger partial charge is 0.466 e. The van der Waals surface area contributed by atoms with E-state index in [2.05, 4.69) is 4.72 Å². The van der Waals surface area contributed by atoms with Crippen molar-refractivity contribution in [2.75, 3.05) is 19.7 Å². The number of nitrogens with zero attached hydrogens (tertiary/aromatic N) is 1. The van der Waals surface area contributed by atoms with E-state index in [1.807, 2.05) is 37.3 Å². The van der Waals surface area contributed by atoms with Crippen LogP contribution in [0.25, 0.3) is 0 Å². The standard InChI is InChI=1S/C25H32N2O5S/c1-3-32-25(29)22-15-17-27(18-16-22)24(28)14-11-20-9-12-23(13-10-20)33(30,31)26-19(2)21-7-5-4-6-8-21/h4-10,12-13,19,22,26H,3,11,14-18H2,1-2H3/t19-/m0/s1. The van der Waals surface area contributed by atoms with E-state index in [-0.39, 0.29) is 28.7 Å².